The number of ether oxygens (including phenoxy) is 4. The van der Waals surface area contributed by atoms with E-state index in [9.17, 15) is 0 Å². The molecule has 0 aliphatic rings. The largest absolute Gasteiger partial charge is 0.379 e. The normalized spacial score (nSPS) is 12.8. The van der Waals surface area contributed by atoms with Crippen LogP contribution < -0.4 is 5.73 Å². The second-order valence-corrected chi connectivity index (χ2v) is 4.81. The highest BCUT2D eigenvalue weighted by Gasteiger charge is 2.00. The van der Waals surface area contributed by atoms with E-state index < -0.39 is 0 Å². The Kier molecular flexibility index (Phi) is 16.7. The zero-order valence-corrected chi connectivity index (χ0v) is 13.3. The lowest BCUT2D eigenvalue weighted by Gasteiger charge is -2.11. The highest BCUT2D eigenvalue weighted by Crippen LogP contribution is 1.93. The molecule has 0 saturated carbocycles. The van der Waals surface area contributed by atoms with Gasteiger partial charge in [0.25, 0.3) is 0 Å². The molecule has 0 aliphatic heterocycles. The lowest BCUT2D eigenvalue weighted by molar-refractivity contribution is -0.00352. The third-order valence-electron chi connectivity index (χ3n) is 2.75. The van der Waals surface area contributed by atoms with Crippen molar-refractivity contribution in [2.75, 3.05) is 52.9 Å². The molecule has 0 radical (unpaired) electrons. The van der Waals surface area contributed by atoms with Crippen molar-refractivity contribution in [3.05, 3.63) is 0 Å². The van der Waals surface area contributed by atoms with E-state index in [0.717, 1.165) is 25.9 Å². The zero-order valence-electron chi connectivity index (χ0n) is 13.3. The Labute approximate surface area is 124 Å². The van der Waals surface area contributed by atoms with Crippen LogP contribution in [0.2, 0.25) is 0 Å². The van der Waals surface area contributed by atoms with Gasteiger partial charge in [-0.3, -0.25) is 0 Å². The van der Waals surface area contributed by atoms with Crippen LogP contribution in [0.1, 0.15) is 39.5 Å². The topological polar surface area (TPSA) is 62.9 Å². The standard InChI is InChI=1S/C15H33NO4/c1-3-5-7-17-8-9-18-10-11-19-12-13-20-14-15(16)6-4-2/h15H,3-14,16H2,1-2H3. The van der Waals surface area contributed by atoms with Crippen molar-refractivity contribution in [2.24, 2.45) is 5.73 Å². The summed E-state index contributed by atoms with van der Waals surface area (Å²) in [5.41, 5.74) is 5.83. The fourth-order valence-electron chi connectivity index (χ4n) is 1.59. The van der Waals surface area contributed by atoms with Crippen molar-refractivity contribution in [3.8, 4) is 0 Å². The van der Waals surface area contributed by atoms with Crippen molar-refractivity contribution in [3.63, 3.8) is 0 Å². The van der Waals surface area contributed by atoms with Gasteiger partial charge < -0.3 is 24.7 Å². The van der Waals surface area contributed by atoms with Gasteiger partial charge in [0.15, 0.2) is 0 Å². The molecule has 0 aliphatic carbocycles. The maximum absolute atomic E-state index is 5.83. The van der Waals surface area contributed by atoms with Crippen molar-refractivity contribution in [1.82, 2.24) is 0 Å². The lowest BCUT2D eigenvalue weighted by Crippen LogP contribution is -2.26. The zero-order chi connectivity index (χ0) is 14.9. The van der Waals surface area contributed by atoms with E-state index in [2.05, 4.69) is 13.8 Å². The molecule has 5 nitrogen and oxygen atoms in total. The third kappa shape index (κ3) is 15.9. The van der Waals surface area contributed by atoms with Gasteiger partial charge in [-0.1, -0.05) is 26.7 Å². The first-order chi connectivity index (χ1) is 9.81. The molecule has 0 aromatic heterocycles. The summed E-state index contributed by atoms with van der Waals surface area (Å²) in [5, 5.41) is 0. The number of hydrogen-bond donors (Lipinski definition) is 1. The Balaban J connectivity index is 2.99. The molecule has 1 unspecified atom stereocenters. The van der Waals surface area contributed by atoms with Gasteiger partial charge in [-0.25, -0.2) is 0 Å². The average Bonchev–Trinajstić information content (AvgIpc) is 2.44. The van der Waals surface area contributed by atoms with E-state index in [1.54, 1.807) is 0 Å². The fraction of sp³-hybridized carbons (Fsp3) is 1.00. The van der Waals surface area contributed by atoms with Gasteiger partial charge in [-0.15, -0.1) is 0 Å². The summed E-state index contributed by atoms with van der Waals surface area (Å²) in [7, 11) is 0. The summed E-state index contributed by atoms with van der Waals surface area (Å²) in [6.45, 7) is 9.40. The van der Waals surface area contributed by atoms with Crippen LogP contribution in [-0.4, -0.2) is 58.9 Å². The summed E-state index contributed by atoms with van der Waals surface area (Å²) >= 11 is 0. The van der Waals surface area contributed by atoms with Crippen LogP contribution in [0.4, 0.5) is 0 Å². The minimum Gasteiger partial charge on any atom is -0.379 e. The van der Waals surface area contributed by atoms with Crippen molar-refractivity contribution >= 4 is 0 Å². The Morgan fingerprint density at radius 3 is 1.70 bits per heavy atom. The summed E-state index contributed by atoms with van der Waals surface area (Å²) in [6, 6.07) is 0.149. The number of hydrogen-bond acceptors (Lipinski definition) is 5. The van der Waals surface area contributed by atoms with E-state index in [-0.39, 0.29) is 6.04 Å². The molecule has 0 bridgehead atoms. The first-order valence-corrected chi connectivity index (χ1v) is 7.87. The van der Waals surface area contributed by atoms with Crippen LogP contribution in [0, 0.1) is 0 Å². The van der Waals surface area contributed by atoms with E-state index in [1.165, 1.54) is 6.42 Å². The summed E-state index contributed by atoms with van der Waals surface area (Å²) < 4.78 is 21.6. The van der Waals surface area contributed by atoms with Gasteiger partial charge in [0.2, 0.25) is 0 Å². The second kappa shape index (κ2) is 16.9. The Morgan fingerprint density at radius 1 is 0.700 bits per heavy atom. The molecule has 0 aromatic carbocycles. The SMILES string of the molecule is CCCCOCCOCCOCCOCC(N)CCC. The molecule has 0 spiro atoms. The van der Waals surface area contributed by atoms with Gasteiger partial charge in [-0.05, 0) is 12.8 Å². The van der Waals surface area contributed by atoms with E-state index >= 15 is 0 Å². The number of unbranched alkanes of at least 4 members (excludes halogenated alkanes) is 1. The van der Waals surface area contributed by atoms with Crippen molar-refractivity contribution in [1.29, 1.82) is 0 Å². The van der Waals surface area contributed by atoms with Crippen LogP contribution in [0.3, 0.4) is 0 Å². The molecule has 0 aromatic rings. The fourth-order valence-corrected chi connectivity index (χ4v) is 1.59. The Bertz CT molecular complexity index is 181. The predicted molar refractivity (Wildman–Crippen MR) is 81.1 cm³/mol. The quantitative estimate of drug-likeness (QED) is 0.441. The molecule has 0 amide bonds. The molecule has 0 fully saturated rings. The van der Waals surface area contributed by atoms with Gasteiger partial charge in [0.05, 0.1) is 46.2 Å². The Hall–Kier alpha value is -0.200. The van der Waals surface area contributed by atoms with Crippen LogP contribution >= 0.6 is 0 Å². The van der Waals surface area contributed by atoms with Gasteiger partial charge in [-0.2, -0.15) is 0 Å². The van der Waals surface area contributed by atoms with Crippen LogP contribution in [0.15, 0.2) is 0 Å². The summed E-state index contributed by atoms with van der Waals surface area (Å²) in [5.74, 6) is 0. The van der Waals surface area contributed by atoms with Gasteiger partial charge >= 0.3 is 0 Å². The predicted octanol–water partition coefficient (Wildman–Crippen LogP) is 1.98. The number of rotatable bonds is 16. The number of nitrogens with two attached hydrogens (primary N) is 1. The maximum atomic E-state index is 5.83. The minimum atomic E-state index is 0.149. The van der Waals surface area contributed by atoms with Crippen molar-refractivity contribution in [2.45, 2.75) is 45.6 Å². The Morgan fingerprint density at radius 2 is 1.20 bits per heavy atom. The highest BCUT2D eigenvalue weighted by molar-refractivity contribution is 4.57. The molecule has 1 atom stereocenters. The third-order valence-corrected chi connectivity index (χ3v) is 2.75. The first kappa shape index (κ1) is 19.8. The molecular formula is C15H33NO4. The van der Waals surface area contributed by atoms with E-state index in [4.69, 9.17) is 24.7 Å². The van der Waals surface area contributed by atoms with Gasteiger partial charge in [0, 0.05) is 12.6 Å². The minimum absolute atomic E-state index is 0.149. The van der Waals surface area contributed by atoms with Crippen LogP contribution in [0.5, 0.6) is 0 Å². The molecule has 122 valence electrons. The lowest BCUT2D eigenvalue weighted by atomic mass is 10.2. The van der Waals surface area contributed by atoms with Gasteiger partial charge in [0.1, 0.15) is 0 Å². The van der Waals surface area contributed by atoms with Crippen LogP contribution in [0.25, 0.3) is 0 Å². The molecular weight excluding hydrogens is 258 g/mol. The molecule has 0 rings (SSSR count). The molecule has 2 N–H and O–H groups in total. The summed E-state index contributed by atoms with van der Waals surface area (Å²) in [4.78, 5) is 0. The molecule has 20 heavy (non-hydrogen) atoms. The summed E-state index contributed by atoms with van der Waals surface area (Å²) in [6.07, 6.45) is 4.39. The molecule has 0 heterocycles. The van der Waals surface area contributed by atoms with Crippen LogP contribution in [-0.2, 0) is 18.9 Å². The second-order valence-electron chi connectivity index (χ2n) is 4.81. The smallest absolute Gasteiger partial charge is 0.0701 e. The van der Waals surface area contributed by atoms with E-state index in [0.29, 0.717) is 46.2 Å². The monoisotopic (exact) mass is 291 g/mol. The van der Waals surface area contributed by atoms with E-state index in [1.807, 2.05) is 0 Å². The van der Waals surface area contributed by atoms with Crippen molar-refractivity contribution < 1.29 is 18.9 Å². The highest BCUT2D eigenvalue weighted by atomic mass is 16.6. The molecule has 5 heteroatoms. The molecule has 0 saturated heterocycles. The maximum Gasteiger partial charge on any atom is 0.0701 e. The first-order valence-electron chi connectivity index (χ1n) is 7.87. The average molecular weight is 291 g/mol.